The summed E-state index contributed by atoms with van der Waals surface area (Å²) in [6, 6.07) is 4.88. The predicted molar refractivity (Wildman–Crippen MR) is 224 cm³/mol. The molecule has 0 aliphatic carbocycles. The molecule has 7 heteroatoms. The number of rotatable bonds is 38. The van der Waals surface area contributed by atoms with Crippen LogP contribution in [0, 0.1) is 0 Å². The molecule has 54 heavy (non-hydrogen) atoms. The van der Waals surface area contributed by atoms with Gasteiger partial charge in [-0.1, -0.05) is 200 Å². The number of unbranched alkanes of at least 4 members (excludes halogenated alkanes) is 28. The number of benzene rings is 1. The third-order valence-electron chi connectivity index (χ3n) is 10.1. The number of carbonyl (C=O) groups excluding carboxylic acids is 3. The molecule has 0 amide bonds. The van der Waals surface area contributed by atoms with Gasteiger partial charge in [0.2, 0.25) is 0 Å². The van der Waals surface area contributed by atoms with Crippen molar-refractivity contribution in [2.24, 2.45) is 0 Å². The summed E-state index contributed by atoms with van der Waals surface area (Å²) in [5.74, 6) is -0.939. The Morgan fingerprint density at radius 2 is 0.852 bits per heavy atom. The van der Waals surface area contributed by atoms with Gasteiger partial charge in [-0.05, 0) is 36.6 Å². The van der Waals surface area contributed by atoms with Crippen LogP contribution in [0.3, 0.4) is 0 Å². The summed E-state index contributed by atoms with van der Waals surface area (Å²) >= 11 is 0. The molecular formula is C47H80O7. The smallest absolute Gasteiger partial charge is 0.330 e. The quantitative estimate of drug-likeness (QED) is 0.0310. The van der Waals surface area contributed by atoms with Crippen molar-refractivity contribution in [1.29, 1.82) is 0 Å². The molecule has 0 bridgehead atoms. The highest BCUT2D eigenvalue weighted by Gasteiger charge is 2.15. The first kappa shape index (κ1) is 49.3. The molecule has 0 heterocycles. The first-order valence-electron chi connectivity index (χ1n) is 22.5. The first-order chi connectivity index (χ1) is 26.5. The lowest BCUT2D eigenvalue weighted by molar-refractivity contribution is -0.138. The van der Waals surface area contributed by atoms with Crippen molar-refractivity contribution in [2.45, 2.75) is 219 Å². The Kier molecular flexibility index (Phi) is 34.1. The largest absolute Gasteiger partial charge is 0.460 e. The number of ether oxygens (including phenoxy) is 3. The van der Waals surface area contributed by atoms with Gasteiger partial charge in [0.1, 0.15) is 6.61 Å². The van der Waals surface area contributed by atoms with Crippen molar-refractivity contribution in [3.05, 3.63) is 29.8 Å². The van der Waals surface area contributed by atoms with Gasteiger partial charge >= 0.3 is 17.9 Å². The minimum atomic E-state index is -0.588. The SMILES string of the molecule is CCCCCCCCCCCCCCCCCC(=O)Oc1ccc(/C=C/C(=O)OCCO)cc1OC(=O)CCCCCCCCCCCCCCCCC. The van der Waals surface area contributed by atoms with Crippen LogP contribution in [-0.4, -0.2) is 36.2 Å². The summed E-state index contributed by atoms with van der Waals surface area (Å²) in [6.07, 6.45) is 41.2. The van der Waals surface area contributed by atoms with Gasteiger partial charge in [-0.2, -0.15) is 0 Å². The van der Waals surface area contributed by atoms with Crippen LogP contribution in [0.15, 0.2) is 24.3 Å². The molecule has 1 rings (SSSR count). The van der Waals surface area contributed by atoms with Gasteiger partial charge in [0, 0.05) is 18.9 Å². The molecule has 0 aromatic heterocycles. The predicted octanol–water partition coefficient (Wildman–Crippen LogP) is 13.6. The van der Waals surface area contributed by atoms with Crippen LogP contribution < -0.4 is 9.47 Å². The van der Waals surface area contributed by atoms with E-state index in [-0.39, 0.29) is 36.7 Å². The second kappa shape index (κ2) is 37.3. The van der Waals surface area contributed by atoms with Crippen LogP contribution in [0.5, 0.6) is 11.5 Å². The molecule has 7 nitrogen and oxygen atoms in total. The van der Waals surface area contributed by atoms with Gasteiger partial charge in [0.15, 0.2) is 11.5 Å². The van der Waals surface area contributed by atoms with Crippen molar-refractivity contribution in [1.82, 2.24) is 0 Å². The van der Waals surface area contributed by atoms with E-state index in [1.807, 2.05) is 0 Å². The Morgan fingerprint density at radius 1 is 0.500 bits per heavy atom. The summed E-state index contributed by atoms with van der Waals surface area (Å²) in [4.78, 5) is 37.5. The number of aliphatic hydroxyl groups is 1. The van der Waals surface area contributed by atoms with E-state index in [0.717, 1.165) is 38.5 Å². The summed E-state index contributed by atoms with van der Waals surface area (Å²) in [7, 11) is 0. The standard InChI is InChI=1S/C47H80O7/c1-3-5-7-9-11-13-15-17-19-21-23-25-27-29-31-33-46(50)53-43-37-35-42(36-38-45(49)52-40-39-48)41-44(43)54-47(51)34-32-30-28-26-24-22-20-18-16-14-12-10-8-6-4-2/h35-38,41,48H,3-34,39-40H2,1-2H3/b38-36+. The van der Waals surface area contributed by atoms with Crippen LogP contribution in [0.1, 0.15) is 225 Å². The highest BCUT2D eigenvalue weighted by Crippen LogP contribution is 2.30. The number of esters is 3. The lowest BCUT2D eigenvalue weighted by Gasteiger charge is -2.12. The second-order valence-electron chi connectivity index (χ2n) is 15.3. The van der Waals surface area contributed by atoms with Crippen molar-refractivity contribution >= 4 is 24.0 Å². The van der Waals surface area contributed by atoms with Gasteiger partial charge in [-0.3, -0.25) is 9.59 Å². The molecule has 0 spiro atoms. The first-order valence-corrected chi connectivity index (χ1v) is 22.5. The third kappa shape index (κ3) is 30.6. The maximum Gasteiger partial charge on any atom is 0.330 e. The molecule has 0 aliphatic rings. The Balaban J connectivity index is 2.38. The zero-order valence-electron chi connectivity index (χ0n) is 34.8. The third-order valence-corrected chi connectivity index (χ3v) is 10.1. The highest BCUT2D eigenvalue weighted by atomic mass is 16.6. The Labute approximate surface area is 330 Å². The van der Waals surface area contributed by atoms with E-state index in [1.165, 1.54) is 166 Å². The van der Waals surface area contributed by atoms with Crippen molar-refractivity contribution < 1.29 is 33.7 Å². The van der Waals surface area contributed by atoms with Crippen LogP contribution in [0.25, 0.3) is 6.08 Å². The van der Waals surface area contributed by atoms with Gasteiger partial charge in [0.05, 0.1) is 6.61 Å². The van der Waals surface area contributed by atoms with Gasteiger partial charge in [0.25, 0.3) is 0 Å². The number of hydrogen-bond acceptors (Lipinski definition) is 7. The van der Waals surface area contributed by atoms with Crippen LogP contribution in [0.2, 0.25) is 0 Å². The average molecular weight is 757 g/mol. The molecule has 0 saturated carbocycles. The van der Waals surface area contributed by atoms with Crippen LogP contribution in [0.4, 0.5) is 0 Å². The molecule has 0 fully saturated rings. The molecule has 0 aliphatic heterocycles. The minimum Gasteiger partial charge on any atom is -0.460 e. The number of aliphatic hydroxyl groups excluding tert-OH is 1. The molecular weight excluding hydrogens is 677 g/mol. The van der Waals surface area contributed by atoms with Gasteiger partial charge < -0.3 is 19.3 Å². The average Bonchev–Trinajstić information content (AvgIpc) is 3.17. The van der Waals surface area contributed by atoms with Crippen LogP contribution >= 0.6 is 0 Å². The zero-order chi connectivity index (χ0) is 39.2. The zero-order valence-corrected chi connectivity index (χ0v) is 34.8. The summed E-state index contributed by atoms with van der Waals surface area (Å²) < 4.78 is 16.3. The molecule has 1 N–H and O–H groups in total. The molecule has 0 unspecified atom stereocenters. The summed E-state index contributed by atoms with van der Waals surface area (Å²) in [6.45, 7) is 4.19. The second-order valence-corrected chi connectivity index (χ2v) is 15.3. The lowest BCUT2D eigenvalue weighted by atomic mass is 10.0. The number of hydrogen-bond donors (Lipinski definition) is 1. The number of carbonyl (C=O) groups is 3. The Hall–Kier alpha value is -2.67. The molecule has 1 aromatic rings. The molecule has 0 atom stereocenters. The normalized spacial score (nSPS) is 11.3. The van der Waals surface area contributed by atoms with Crippen molar-refractivity contribution in [3.8, 4) is 11.5 Å². The Morgan fingerprint density at radius 3 is 1.22 bits per heavy atom. The topological polar surface area (TPSA) is 99.1 Å². The monoisotopic (exact) mass is 757 g/mol. The lowest BCUT2D eigenvalue weighted by Crippen LogP contribution is -2.12. The molecule has 0 saturated heterocycles. The fraction of sp³-hybridized carbons (Fsp3) is 0.766. The minimum absolute atomic E-state index is 0.0837. The maximum absolute atomic E-state index is 12.8. The van der Waals surface area contributed by atoms with E-state index < -0.39 is 5.97 Å². The van der Waals surface area contributed by atoms with Crippen LogP contribution in [-0.2, 0) is 19.1 Å². The summed E-state index contributed by atoms with van der Waals surface area (Å²) in [5.41, 5.74) is 0.591. The van der Waals surface area contributed by atoms with Gasteiger partial charge in [-0.25, -0.2) is 4.79 Å². The van der Waals surface area contributed by atoms with E-state index in [4.69, 9.17) is 19.3 Å². The fourth-order valence-corrected chi connectivity index (χ4v) is 6.78. The molecule has 0 radical (unpaired) electrons. The van der Waals surface area contributed by atoms with E-state index >= 15 is 0 Å². The molecule has 310 valence electrons. The van der Waals surface area contributed by atoms with E-state index in [0.29, 0.717) is 18.4 Å². The van der Waals surface area contributed by atoms with Crippen molar-refractivity contribution in [3.63, 3.8) is 0 Å². The molecule has 1 aromatic carbocycles. The van der Waals surface area contributed by atoms with E-state index in [9.17, 15) is 14.4 Å². The Bertz CT molecular complexity index is 1080. The van der Waals surface area contributed by atoms with E-state index in [2.05, 4.69) is 13.8 Å². The van der Waals surface area contributed by atoms with E-state index in [1.54, 1.807) is 18.2 Å². The maximum atomic E-state index is 12.8. The summed E-state index contributed by atoms with van der Waals surface area (Å²) in [5, 5.41) is 8.88. The van der Waals surface area contributed by atoms with Crippen molar-refractivity contribution in [2.75, 3.05) is 13.2 Å². The van der Waals surface area contributed by atoms with Gasteiger partial charge in [-0.15, -0.1) is 0 Å². The fourth-order valence-electron chi connectivity index (χ4n) is 6.78. The highest BCUT2D eigenvalue weighted by molar-refractivity contribution is 5.87.